The zero-order chi connectivity index (χ0) is 21.1. The summed E-state index contributed by atoms with van der Waals surface area (Å²) in [7, 11) is 0. The first-order valence-electron chi connectivity index (χ1n) is 10.1. The van der Waals surface area contributed by atoms with Gasteiger partial charge in [-0.25, -0.2) is 4.98 Å². The molecule has 0 unspecified atom stereocenters. The highest BCUT2D eigenvalue weighted by Crippen LogP contribution is 2.32. The van der Waals surface area contributed by atoms with Crippen molar-refractivity contribution in [3.05, 3.63) is 51.2 Å². The third kappa shape index (κ3) is 4.15. The third-order valence-electron chi connectivity index (χ3n) is 5.34. The minimum Gasteiger partial charge on any atom is -0.481 e. The average Bonchev–Trinajstić information content (AvgIpc) is 3.45. The van der Waals surface area contributed by atoms with E-state index in [0.29, 0.717) is 11.4 Å². The number of H-pyrrole nitrogens is 2. The molecule has 156 valence electrons. The number of nitrogens with zero attached hydrogens (tertiary/aromatic N) is 1. The number of hydrogen-bond donors (Lipinski definition) is 4. The molecule has 4 heterocycles. The van der Waals surface area contributed by atoms with E-state index in [-0.39, 0.29) is 12.0 Å². The molecule has 1 fully saturated rings. The van der Waals surface area contributed by atoms with Gasteiger partial charge in [0.25, 0.3) is 5.56 Å². The van der Waals surface area contributed by atoms with Gasteiger partial charge in [-0.2, -0.15) is 0 Å². The van der Waals surface area contributed by atoms with Crippen molar-refractivity contribution in [1.29, 1.82) is 0 Å². The van der Waals surface area contributed by atoms with E-state index in [1.807, 2.05) is 24.4 Å². The monoisotopic (exact) mass is 424 g/mol. The van der Waals surface area contributed by atoms with Gasteiger partial charge in [-0.3, -0.25) is 9.59 Å². The average molecular weight is 425 g/mol. The second-order valence-electron chi connectivity index (χ2n) is 7.32. The number of aromatic amines is 2. The Hall–Kier alpha value is -2.97. The number of pyridine rings is 1. The minimum absolute atomic E-state index is 0.0814. The number of carbonyl (C=O) groups is 1. The number of aliphatic carboxylic acids is 1. The molecule has 0 saturated carbocycles. The standard InChI is InChI=1S/C19H18N4OS.C3H6O2/c24-18-17-13(5-8-21-17)14-9-12(1-2-15(14)22-18)16-10-25-19(23-16)11-3-6-20-7-4-11;1-2-3(4)5/h1-2,5,8-11,20-21H,3-4,6-7H2,(H,22,24);2H2,1H3,(H,4,5). The highest BCUT2D eigenvalue weighted by atomic mass is 32.1. The van der Waals surface area contributed by atoms with Crippen molar-refractivity contribution >= 4 is 39.1 Å². The van der Waals surface area contributed by atoms with Crippen molar-refractivity contribution in [2.75, 3.05) is 13.1 Å². The quantitative estimate of drug-likeness (QED) is 0.396. The maximum Gasteiger partial charge on any atom is 0.303 e. The van der Waals surface area contributed by atoms with Crippen LogP contribution in [0.25, 0.3) is 33.1 Å². The largest absolute Gasteiger partial charge is 0.481 e. The number of piperidine rings is 1. The fraction of sp³-hybridized carbons (Fsp3) is 0.318. The lowest BCUT2D eigenvalue weighted by atomic mass is 9.99. The van der Waals surface area contributed by atoms with Gasteiger partial charge in [0.05, 0.1) is 10.7 Å². The Morgan fingerprint density at radius 3 is 2.73 bits per heavy atom. The smallest absolute Gasteiger partial charge is 0.303 e. The Morgan fingerprint density at radius 2 is 2.00 bits per heavy atom. The molecule has 1 saturated heterocycles. The van der Waals surface area contributed by atoms with Gasteiger partial charge < -0.3 is 20.4 Å². The molecule has 3 aromatic heterocycles. The van der Waals surface area contributed by atoms with E-state index in [1.54, 1.807) is 18.3 Å². The number of nitrogens with one attached hydrogen (secondary N) is 3. The molecule has 0 spiro atoms. The maximum absolute atomic E-state index is 12.1. The summed E-state index contributed by atoms with van der Waals surface area (Å²) in [6.07, 6.45) is 4.36. The molecule has 7 nitrogen and oxygen atoms in total. The number of carboxylic acid groups (broad SMARTS) is 1. The molecule has 1 aliphatic rings. The van der Waals surface area contributed by atoms with Crippen LogP contribution in [0.4, 0.5) is 0 Å². The van der Waals surface area contributed by atoms with Crippen LogP contribution in [-0.4, -0.2) is 39.1 Å². The molecule has 8 heteroatoms. The van der Waals surface area contributed by atoms with Gasteiger partial charge in [-0.1, -0.05) is 13.0 Å². The summed E-state index contributed by atoms with van der Waals surface area (Å²) >= 11 is 1.76. The van der Waals surface area contributed by atoms with Crippen molar-refractivity contribution in [1.82, 2.24) is 20.3 Å². The summed E-state index contributed by atoms with van der Waals surface area (Å²) in [5, 5.41) is 16.5. The maximum atomic E-state index is 12.1. The third-order valence-corrected chi connectivity index (χ3v) is 6.35. The first-order valence-corrected chi connectivity index (χ1v) is 11.0. The van der Waals surface area contributed by atoms with E-state index >= 15 is 0 Å². The van der Waals surface area contributed by atoms with E-state index in [9.17, 15) is 9.59 Å². The van der Waals surface area contributed by atoms with Crippen molar-refractivity contribution in [2.45, 2.75) is 32.1 Å². The molecule has 0 amide bonds. The minimum atomic E-state index is -0.745. The number of hydrogen-bond acceptors (Lipinski definition) is 5. The lowest BCUT2D eigenvalue weighted by Gasteiger charge is -2.20. The molecule has 1 aromatic carbocycles. The number of benzene rings is 1. The topological polar surface area (TPSA) is 111 Å². The predicted molar refractivity (Wildman–Crippen MR) is 120 cm³/mol. The summed E-state index contributed by atoms with van der Waals surface area (Å²) in [6.45, 7) is 3.76. The highest BCUT2D eigenvalue weighted by Gasteiger charge is 2.19. The summed E-state index contributed by atoms with van der Waals surface area (Å²) in [5.74, 6) is -0.168. The Balaban J connectivity index is 0.000000393. The normalized spacial score (nSPS) is 14.6. The van der Waals surface area contributed by atoms with Gasteiger partial charge in [0, 0.05) is 45.8 Å². The Bertz CT molecular complexity index is 1230. The van der Waals surface area contributed by atoms with Crippen LogP contribution >= 0.6 is 11.3 Å². The van der Waals surface area contributed by atoms with Crippen LogP contribution < -0.4 is 10.9 Å². The molecule has 0 radical (unpaired) electrons. The highest BCUT2D eigenvalue weighted by molar-refractivity contribution is 7.10. The number of fused-ring (bicyclic) bond motifs is 3. The molecule has 0 aliphatic carbocycles. The molecule has 4 aromatic rings. The van der Waals surface area contributed by atoms with Crippen molar-refractivity contribution in [3.63, 3.8) is 0 Å². The molecule has 5 rings (SSSR count). The molecule has 4 N–H and O–H groups in total. The van der Waals surface area contributed by atoms with Crippen LogP contribution in [0.15, 0.2) is 40.6 Å². The fourth-order valence-electron chi connectivity index (χ4n) is 3.68. The van der Waals surface area contributed by atoms with Gasteiger partial charge in [0.15, 0.2) is 0 Å². The Labute approximate surface area is 177 Å². The van der Waals surface area contributed by atoms with E-state index in [2.05, 4.69) is 26.7 Å². The molecule has 30 heavy (non-hydrogen) atoms. The van der Waals surface area contributed by atoms with E-state index in [1.165, 1.54) is 5.01 Å². The summed E-state index contributed by atoms with van der Waals surface area (Å²) < 4.78 is 0. The SMILES string of the molecule is CCC(=O)O.O=c1[nH]c2ccc(-c3csc(C4CCNCC4)n3)cc2c2cc[nH]c12. The molecular formula is C22H24N4O3S. The predicted octanol–water partition coefficient (Wildman–Crippen LogP) is 4.08. The molecule has 0 atom stereocenters. The van der Waals surface area contributed by atoms with E-state index in [4.69, 9.17) is 10.1 Å². The van der Waals surface area contributed by atoms with Crippen molar-refractivity contribution in [2.24, 2.45) is 0 Å². The van der Waals surface area contributed by atoms with Gasteiger partial charge in [-0.05, 0) is 44.1 Å². The van der Waals surface area contributed by atoms with Gasteiger partial charge in [0.2, 0.25) is 0 Å². The second kappa shape index (κ2) is 8.81. The van der Waals surface area contributed by atoms with E-state index < -0.39 is 5.97 Å². The number of carboxylic acids is 1. The number of rotatable bonds is 3. The van der Waals surface area contributed by atoms with E-state index in [0.717, 1.165) is 53.5 Å². The fourth-order valence-corrected chi connectivity index (χ4v) is 4.68. The van der Waals surface area contributed by atoms with Crippen LogP contribution in [0.3, 0.4) is 0 Å². The number of thiazole rings is 1. The Kier molecular flexibility index (Phi) is 5.96. The van der Waals surface area contributed by atoms with Crippen LogP contribution in [0.2, 0.25) is 0 Å². The zero-order valence-corrected chi connectivity index (χ0v) is 17.5. The van der Waals surface area contributed by atoms with Crippen molar-refractivity contribution in [3.8, 4) is 11.3 Å². The van der Waals surface area contributed by atoms with Crippen LogP contribution in [0.1, 0.15) is 37.1 Å². The lowest BCUT2D eigenvalue weighted by molar-refractivity contribution is -0.136. The van der Waals surface area contributed by atoms with Gasteiger partial charge in [-0.15, -0.1) is 11.3 Å². The first-order chi connectivity index (χ1) is 14.6. The summed E-state index contributed by atoms with van der Waals surface area (Å²) in [6, 6.07) is 8.10. The molecular weight excluding hydrogens is 400 g/mol. The number of aromatic nitrogens is 3. The van der Waals surface area contributed by atoms with Gasteiger partial charge >= 0.3 is 5.97 Å². The zero-order valence-electron chi connectivity index (χ0n) is 16.7. The molecule has 1 aliphatic heterocycles. The summed E-state index contributed by atoms with van der Waals surface area (Å²) in [5.41, 5.74) is 3.52. The van der Waals surface area contributed by atoms with Gasteiger partial charge in [0.1, 0.15) is 5.52 Å². The summed E-state index contributed by atoms with van der Waals surface area (Å²) in [4.78, 5) is 32.3. The van der Waals surface area contributed by atoms with Crippen LogP contribution in [0.5, 0.6) is 0 Å². The lowest BCUT2D eigenvalue weighted by Crippen LogP contribution is -2.26. The Morgan fingerprint density at radius 1 is 1.23 bits per heavy atom. The van der Waals surface area contributed by atoms with Crippen LogP contribution in [-0.2, 0) is 4.79 Å². The molecule has 0 bridgehead atoms. The first kappa shape index (κ1) is 20.3. The second-order valence-corrected chi connectivity index (χ2v) is 8.21. The van der Waals surface area contributed by atoms with Crippen molar-refractivity contribution < 1.29 is 9.90 Å². The van der Waals surface area contributed by atoms with Crippen LogP contribution in [0, 0.1) is 0 Å².